The van der Waals surface area contributed by atoms with Gasteiger partial charge in [0, 0.05) is 30.9 Å². The molecule has 0 bridgehead atoms. The number of nitrogens with one attached hydrogen (secondary N) is 1. The van der Waals surface area contributed by atoms with Crippen LogP contribution in [-0.4, -0.2) is 59.4 Å². The number of fused-ring (bicyclic) bond motifs is 1. The third kappa shape index (κ3) is 3.80. The summed E-state index contributed by atoms with van der Waals surface area (Å²) >= 11 is 1.59. The minimum Gasteiger partial charge on any atom is -0.472 e. The lowest BCUT2D eigenvalue weighted by Crippen LogP contribution is -2.52. The van der Waals surface area contributed by atoms with Gasteiger partial charge in [0.15, 0.2) is 5.17 Å². The maximum Gasteiger partial charge on any atom is 0.226 e. The normalized spacial score (nSPS) is 25.2. The Morgan fingerprint density at radius 1 is 1.48 bits per heavy atom. The Balaban J connectivity index is 1.35. The Morgan fingerprint density at radius 3 is 3.32 bits per heavy atom. The molecule has 7 nitrogen and oxygen atoms in total. The van der Waals surface area contributed by atoms with Crippen LogP contribution in [0.25, 0.3) is 0 Å². The van der Waals surface area contributed by atoms with E-state index in [1.165, 1.54) is 0 Å². The van der Waals surface area contributed by atoms with Crippen molar-refractivity contribution in [3.63, 3.8) is 0 Å². The number of hydrogen-bond acceptors (Lipinski definition) is 7. The SMILES string of the molecule is O=C(CC1=CSC2=NCCN12)N[C@@H]1COCC[C@H]1Oc1ccccn1. The Labute approximate surface area is 150 Å². The molecular formula is C17H20N4O3S. The number of amidine groups is 1. The highest BCUT2D eigenvalue weighted by molar-refractivity contribution is 8.16. The van der Waals surface area contributed by atoms with Crippen molar-refractivity contribution in [2.45, 2.75) is 25.0 Å². The average Bonchev–Trinajstić information content (AvgIpc) is 3.23. The molecule has 132 valence electrons. The third-order valence-corrected chi connectivity index (χ3v) is 5.29. The molecule has 0 unspecified atom stereocenters. The number of hydrogen-bond donors (Lipinski definition) is 1. The minimum absolute atomic E-state index is 0.0230. The molecule has 8 heteroatoms. The fraction of sp³-hybridized carbons (Fsp3) is 0.471. The molecular weight excluding hydrogens is 340 g/mol. The van der Waals surface area contributed by atoms with Crippen LogP contribution in [0.3, 0.4) is 0 Å². The van der Waals surface area contributed by atoms with Gasteiger partial charge in [0.25, 0.3) is 0 Å². The molecule has 0 aliphatic carbocycles. The van der Waals surface area contributed by atoms with Crippen LogP contribution in [0.1, 0.15) is 12.8 Å². The van der Waals surface area contributed by atoms with Crippen LogP contribution in [0.2, 0.25) is 0 Å². The molecule has 4 heterocycles. The summed E-state index contributed by atoms with van der Waals surface area (Å²) in [5.74, 6) is 0.548. The molecule has 1 saturated heterocycles. The monoisotopic (exact) mass is 360 g/mol. The Hall–Kier alpha value is -2.06. The van der Waals surface area contributed by atoms with Crippen molar-refractivity contribution in [1.82, 2.24) is 15.2 Å². The predicted molar refractivity (Wildman–Crippen MR) is 95.3 cm³/mol. The lowest BCUT2D eigenvalue weighted by atomic mass is 10.1. The zero-order valence-electron chi connectivity index (χ0n) is 13.8. The summed E-state index contributed by atoms with van der Waals surface area (Å²) in [7, 11) is 0. The van der Waals surface area contributed by atoms with E-state index in [0.717, 1.165) is 30.4 Å². The van der Waals surface area contributed by atoms with Gasteiger partial charge in [-0.2, -0.15) is 0 Å². The van der Waals surface area contributed by atoms with Crippen LogP contribution in [0, 0.1) is 0 Å². The largest absolute Gasteiger partial charge is 0.472 e. The van der Waals surface area contributed by atoms with Gasteiger partial charge in [0.05, 0.1) is 32.2 Å². The topological polar surface area (TPSA) is 76.1 Å². The van der Waals surface area contributed by atoms with E-state index >= 15 is 0 Å². The molecule has 0 saturated carbocycles. The van der Waals surface area contributed by atoms with E-state index in [9.17, 15) is 4.79 Å². The number of pyridine rings is 1. The first-order chi connectivity index (χ1) is 12.3. The fourth-order valence-electron chi connectivity index (χ4n) is 3.10. The number of rotatable bonds is 5. The van der Waals surface area contributed by atoms with Crippen molar-refractivity contribution < 1.29 is 14.3 Å². The molecule has 2 atom stereocenters. The highest BCUT2D eigenvalue weighted by atomic mass is 32.2. The van der Waals surface area contributed by atoms with Crippen molar-refractivity contribution in [2.24, 2.45) is 4.99 Å². The molecule has 1 aromatic rings. The average molecular weight is 360 g/mol. The van der Waals surface area contributed by atoms with Gasteiger partial charge in [-0.25, -0.2) is 4.98 Å². The number of thioether (sulfide) groups is 1. The zero-order valence-corrected chi connectivity index (χ0v) is 14.6. The Bertz CT molecular complexity index is 694. The van der Waals surface area contributed by atoms with Gasteiger partial charge in [-0.05, 0) is 11.5 Å². The summed E-state index contributed by atoms with van der Waals surface area (Å²) in [6.45, 7) is 2.74. The van der Waals surface area contributed by atoms with Crippen LogP contribution in [0.4, 0.5) is 0 Å². The second-order valence-corrected chi connectivity index (χ2v) is 6.92. The molecule has 1 aromatic heterocycles. The standard InChI is InChI=1S/C17H20N4O3S/c22-15(9-12-11-25-17-19-6-7-21(12)17)20-13-10-23-8-4-14(13)24-16-3-1-2-5-18-16/h1-3,5,11,13-14H,4,6-10H2,(H,20,22)/t13-,14-/m1/s1. The van der Waals surface area contributed by atoms with Crippen molar-refractivity contribution in [3.8, 4) is 5.88 Å². The number of amides is 1. The van der Waals surface area contributed by atoms with Gasteiger partial charge in [-0.15, -0.1) is 0 Å². The van der Waals surface area contributed by atoms with E-state index in [1.807, 2.05) is 23.6 Å². The Kier molecular flexibility index (Phi) is 4.89. The van der Waals surface area contributed by atoms with Gasteiger partial charge < -0.3 is 19.7 Å². The fourth-order valence-corrected chi connectivity index (χ4v) is 4.06. The van der Waals surface area contributed by atoms with Gasteiger partial charge in [0.2, 0.25) is 11.8 Å². The molecule has 4 rings (SSSR count). The van der Waals surface area contributed by atoms with E-state index in [1.54, 1.807) is 18.0 Å². The third-order valence-electron chi connectivity index (χ3n) is 4.34. The maximum atomic E-state index is 12.5. The van der Waals surface area contributed by atoms with Crippen LogP contribution >= 0.6 is 11.8 Å². The predicted octanol–water partition coefficient (Wildman–Crippen LogP) is 1.38. The quantitative estimate of drug-likeness (QED) is 0.855. The Morgan fingerprint density at radius 2 is 2.44 bits per heavy atom. The summed E-state index contributed by atoms with van der Waals surface area (Å²) in [5.41, 5.74) is 1.01. The summed E-state index contributed by atoms with van der Waals surface area (Å²) in [5, 5.41) is 6.07. The lowest BCUT2D eigenvalue weighted by molar-refractivity contribution is -0.123. The lowest BCUT2D eigenvalue weighted by Gasteiger charge is -2.32. The van der Waals surface area contributed by atoms with Crippen molar-refractivity contribution >= 4 is 22.8 Å². The molecule has 0 radical (unpaired) electrons. The van der Waals surface area contributed by atoms with E-state index in [-0.39, 0.29) is 18.1 Å². The van der Waals surface area contributed by atoms with Gasteiger partial charge in [0.1, 0.15) is 6.10 Å². The molecule has 1 N–H and O–H groups in total. The van der Waals surface area contributed by atoms with E-state index in [4.69, 9.17) is 9.47 Å². The van der Waals surface area contributed by atoms with E-state index < -0.39 is 0 Å². The highest BCUT2D eigenvalue weighted by Crippen LogP contribution is 2.30. The molecule has 1 amide bonds. The number of carbonyl (C=O) groups is 1. The van der Waals surface area contributed by atoms with Gasteiger partial charge in [-0.3, -0.25) is 9.79 Å². The van der Waals surface area contributed by atoms with Gasteiger partial charge >= 0.3 is 0 Å². The molecule has 3 aliphatic rings. The number of carbonyl (C=O) groups excluding carboxylic acids is 1. The minimum atomic E-state index is -0.176. The van der Waals surface area contributed by atoms with E-state index in [0.29, 0.717) is 25.5 Å². The van der Waals surface area contributed by atoms with Crippen LogP contribution in [0.15, 0.2) is 40.5 Å². The molecule has 3 aliphatic heterocycles. The molecule has 0 aromatic carbocycles. The first kappa shape index (κ1) is 16.4. The number of ether oxygens (including phenoxy) is 2. The smallest absolute Gasteiger partial charge is 0.226 e. The zero-order chi connectivity index (χ0) is 17.1. The summed E-state index contributed by atoms with van der Waals surface area (Å²) in [6.07, 6.45) is 2.63. The second kappa shape index (κ2) is 7.45. The summed E-state index contributed by atoms with van der Waals surface area (Å²) in [6, 6.07) is 5.38. The number of aromatic nitrogens is 1. The number of aliphatic imine (C=N–C) groups is 1. The number of nitrogens with zero attached hydrogens (tertiary/aromatic N) is 3. The first-order valence-corrected chi connectivity index (χ1v) is 9.30. The van der Waals surface area contributed by atoms with Crippen LogP contribution in [-0.2, 0) is 9.53 Å². The van der Waals surface area contributed by atoms with Crippen LogP contribution in [0.5, 0.6) is 5.88 Å². The first-order valence-electron chi connectivity index (χ1n) is 8.42. The maximum absolute atomic E-state index is 12.5. The van der Waals surface area contributed by atoms with Crippen molar-refractivity contribution in [2.75, 3.05) is 26.3 Å². The summed E-state index contributed by atoms with van der Waals surface area (Å²) in [4.78, 5) is 23.2. The van der Waals surface area contributed by atoms with E-state index in [2.05, 4.69) is 20.2 Å². The molecule has 0 spiro atoms. The van der Waals surface area contributed by atoms with Crippen molar-refractivity contribution in [1.29, 1.82) is 0 Å². The van der Waals surface area contributed by atoms with Crippen molar-refractivity contribution in [3.05, 3.63) is 35.5 Å². The van der Waals surface area contributed by atoms with Crippen LogP contribution < -0.4 is 10.1 Å². The second-order valence-electron chi connectivity index (χ2n) is 6.08. The molecule has 25 heavy (non-hydrogen) atoms. The molecule has 1 fully saturated rings. The highest BCUT2D eigenvalue weighted by Gasteiger charge is 2.31. The van der Waals surface area contributed by atoms with Gasteiger partial charge in [-0.1, -0.05) is 17.8 Å². The summed E-state index contributed by atoms with van der Waals surface area (Å²) < 4.78 is 11.5.